The molecule has 0 bridgehead atoms. The molecule has 3 aromatic rings. The van der Waals surface area contributed by atoms with Gasteiger partial charge >= 0.3 is 0 Å². The van der Waals surface area contributed by atoms with Gasteiger partial charge in [0.1, 0.15) is 18.1 Å². The van der Waals surface area contributed by atoms with Gasteiger partial charge in [-0.25, -0.2) is 4.98 Å². The highest BCUT2D eigenvalue weighted by Gasteiger charge is 2.32. The number of aromatic nitrogens is 1. The van der Waals surface area contributed by atoms with Crippen LogP contribution in [-0.4, -0.2) is 16.0 Å². The van der Waals surface area contributed by atoms with Crippen molar-refractivity contribution in [2.45, 2.75) is 26.9 Å². The van der Waals surface area contributed by atoms with E-state index in [0.29, 0.717) is 17.4 Å². The van der Waals surface area contributed by atoms with Gasteiger partial charge in [0.25, 0.3) is 5.91 Å². The molecule has 7 heteroatoms. The Bertz CT molecular complexity index is 1120. The number of carbonyl (C=O) groups excluding carboxylic acids is 1. The van der Waals surface area contributed by atoms with E-state index in [1.165, 1.54) is 0 Å². The highest BCUT2D eigenvalue weighted by atomic mass is 32.1. The lowest BCUT2D eigenvalue weighted by Crippen LogP contribution is -2.31. The number of hydrogen-bond acceptors (Lipinski definition) is 5. The minimum absolute atomic E-state index is 0.153. The number of thiocarbonyl (C=S) groups is 1. The number of aryl methyl sites for hydroxylation is 2. The second-order valence-corrected chi connectivity index (χ2v) is 8.28. The van der Waals surface area contributed by atoms with Crippen LogP contribution < -0.4 is 15.0 Å². The van der Waals surface area contributed by atoms with Crippen LogP contribution >= 0.6 is 23.6 Å². The summed E-state index contributed by atoms with van der Waals surface area (Å²) in [6.45, 7) is 4.47. The summed E-state index contributed by atoms with van der Waals surface area (Å²) in [5.41, 5.74) is 4.17. The lowest BCUT2D eigenvalue weighted by molar-refractivity contribution is -0.113. The SMILES string of the molecule is CCc1ccccc1N1C(=O)/C(=C\c2ccc(OCc3csc(C)n3)cc2)NC1=S. The summed E-state index contributed by atoms with van der Waals surface area (Å²) in [5.74, 6) is 0.600. The van der Waals surface area contributed by atoms with E-state index in [1.54, 1.807) is 22.3 Å². The second kappa shape index (κ2) is 8.77. The second-order valence-electron chi connectivity index (χ2n) is 6.83. The molecule has 0 atom stereocenters. The normalized spacial score (nSPS) is 15.0. The van der Waals surface area contributed by atoms with E-state index >= 15 is 0 Å². The number of carbonyl (C=O) groups is 1. The molecular weight excluding hydrogens is 414 g/mol. The predicted molar refractivity (Wildman–Crippen MR) is 125 cm³/mol. The van der Waals surface area contributed by atoms with Crippen LogP contribution in [0.3, 0.4) is 0 Å². The molecule has 0 radical (unpaired) electrons. The van der Waals surface area contributed by atoms with Crippen LogP contribution in [0.5, 0.6) is 5.75 Å². The van der Waals surface area contributed by atoms with Crippen molar-refractivity contribution in [3.05, 3.63) is 81.4 Å². The molecule has 4 rings (SSSR count). The van der Waals surface area contributed by atoms with E-state index in [-0.39, 0.29) is 5.91 Å². The van der Waals surface area contributed by atoms with Gasteiger partial charge in [0, 0.05) is 5.38 Å². The van der Waals surface area contributed by atoms with E-state index in [4.69, 9.17) is 17.0 Å². The summed E-state index contributed by atoms with van der Waals surface area (Å²) < 4.78 is 5.78. The first-order chi connectivity index (χ1) is 14.5. The highest BCUT2D eigenvalue weighted by Crippen LogP contribution is 2.27. The number of nitrogens with one attached hydrogen (secondary N) is 1. The van der Waals surface area contributed by atoms with Gasteiger partial charge in [0.15, 0.2) is 5.11 Å². The molecule has 1 aromatic heterocycles. The summed E-state index contributed by atoms with van der Waals surface area (Å²) in [5, 5.41) is 6.46. The summed E-state index contributed by atoms with van der Waals surface area (Å²) >= 11 is 7.04. The number of thiazole rings is 1. The van der Waals surface area contributed by atoms with Crippen LogP contribution in [-0.2, 0) is 17.8 Å². The molecule has 0 aliphatic carbocycles. The fraction of sp³-hybridized carbons (Fsp3) is 0.174. The predicted octanol–water partition coefficient (Wildman–Crippen LogP) is 4.86. The lowest BCUT2D eigenvalue weighted by Gasteiger charge is -2.17. The van der Waals surface area contributed by atoms with Gasteiger partial charge < -0.3 is 10.1 Å². The molecule has 1 amide bonds. The number of benzene rings is 2. The summed E-state index contributed by atoms with van der Waals surface area (Å²) in [4.78, 5) is 18.9. The third-order valence-corrected chi connectivity index (χ3v) is 5.84. The first kappa shape index (κ1) is 20.3. The number of ether oxygens (including phenoxy) is 1. The molecule has 1 aliphatic rings. The maximum absolute atomic E-state index is 13.0. The van der Waals surface area contributed by atoms with Crippen molar-refractivity contribution < 1.29 is 9.53 Å². The van der Waals surface area contributed by atoms with E-state index in [1.807, 2.05) is 60.8 Å². The molecule has 2 aromatic carbocycles. The Balaban J connectivity index is 1.48. The monoisotopic (exact) mass is 435 g/mol. The molecule has 0 saturated carbocycles. The van der Waals surface area contributed by atoms with Crippen molar-refractivity contribution in [1.29, 1.82) is 0 Å². The number of hydrogen-bond donors (Lipinski definition) is 1. The van der Waals surface area contributed by atoms with Gasteiger partial charge in [-0.2, -0.15) is 0 Å². The van der Waals surface area contributed by atoms with Crippen molar-refractivity contribution in [1.82, 2.24) is 10.3 Å². The minimum atomic E-state index is -0.153. The third-order valence-electron chi connectivity index (χ3n) is 4.74. The number of amides is 1. The fourth-order valence-corrected chi connectivity index (χ4v) is 4.13. The average molecular weight is 436 g/mol. The minimum Gasteiger partial charge on any atom is -0.487 e. The first-order valence-electron chi connectivity index (χ1n) is 9.64. The van der Waals surface area contributed by atoms with Gasteiger partial charge in [-0.3, -0.25) is 9.69 Å². The van der Waals surface area contributed by atoms with Gasteiger partial charge in [0.2, 0.25) is 0 Å². The molecule has 0 unspecified atom stereocenters. The maximum Gasteiger partial charge on any atom is 0.281 e. The van der Waals surface area contributed by atoms with Gasteiger partial charge in [0.05, 0.1) is 16.4 Å². The molecule has 0 spiro atoms. The number of anilines is 1. The standard InChI is InChI=1S/C23H21N3O2S2/c1-3-17-6-4-5-7-21(17)26-22(27)20(25-23(26)29)12-16-8-10-19(11-9-16)28-13-18-14-30-15(2)24-18/h4-12,14H,3,13H2,1-2H3,(H,25,29)/b20-12+. The molecule has 2 heterocycles. The summed E-state index contributed by atoms with van der Waals surface area (Å²) in [7, 11) is 0. The van der Waals surface area contributed by atoms with Crippen LogP contribution in [0.25, 0.3) is 6.08 Å². The van der Waals surface area contributed by atoms with E-state index in [2.05, 4.69) is 17.2 Å². The van der Waals surface area contributed by atoms with Crippen molar-refractivity contribution in [2.75, 3.05) is 4.90 Å². The smallest absolute Gasteiger partial charge is 0.281 e. The summed E-state index contributed by atoms with van der Waals surface area (Å²) in [6, 6.07) is 15.4. The Morgan fingerprint density at radius 3 is 2.67 bits per heavy atom. The largest absolute Gasteiger partial charge is 0.487 e. The molecule has 5 nitrogen and oxygen atoms in total. The molecule has 1 fully saturated rings. The zero-order chi connectivity index (χ0) is 21.1. The quantitative estimate of drug-likeness (QED) is 0.443. The van der Waals surface area contributed by atoms with Gasteiger partial charge in [-0.05, 0) is 61.0 Å². The Kier molecular flexibility index (Phi) is 5.92. The Hall–Kier alpha value is -3.03. The molecule has 1 aliphatic heterocycles. The first-order valence-corrected chi connectivity index (χ1v) is 10.9. The van der Waals surface area contributed by atoms with E-state index < -0.39 is 0 Å². The van der Waals surface area contributed by atoms with Crippen LogP contribution in [0.15, 0.2) is 59.6 Å². The van der Waals surface area contributed by atoms with Crippen LogP contribution in [0.1, 0.15) is 28.8 Å². The zero-order valence-electron chi connectivity index (χ0n) is 16.7. The number of rotatable bonds is 6. The van der Waals surface area contributed by atoms with Gasteiger partial charge in [-0.1, -0.05) is 37.3 Å². The maximum atomic E-state index is 13.0. The molecule has 30 heavy (non-hydrogen) atoms. The van der Waals surface area contributed by atoms with Crippen molar-refractivity contribution in [3.63, 3.8) is 0 Å². The summed E-state index contributed by atoms with van der Waals surface area (Å²) in [6.07, 6.45) is 2.63. The van der Waals surface area contributed by atoms with Crippen LogP contribution in [0.2, 0.25) is 0 Å². The molecule has 152 valence electrons. The molecule has 1 N–H and O–H groups in total. The van der Waals surface area contributed by atoms with E-state index in [9.17, 15) is 4.79 Å². The Morgan fingerprint density at radius 2 is 1.97 bits per heavy atom. The average Bonchev–Trinajstić information content (AvgIpc) is 3.29. The van der Waals surface area contributed by atoms with Crippen LogP contribution in [0.4, 0.5) is 5.69 Å². The van der Waals surface area contributed by atoms with Gasteiger partial charge in [-0.15, -0.1) is 11.3 Å². The number of nitrogens with zero attached hydrogens (tertiary/aromatic N) is 2. The van der Waals surface area contributed by atoms with Crippen LogP contribution in [0, 0.1) is 6.92 Å². The highest BCUT2D eigenvalue weighted by molar-refractivity contribution is 7.80. The van der Waals surface area contributed by atoms with Crippen molar-refractivity contribution >= 4 is 46.3 Å². The van der Waals surface area contributed by atoms with E-state index in [0.717, 1.165) is 39.7 Å². The Morgan fingerprint density at radius 1 is 1.20 bits per heavy atom. The number of para-hydroxylation sites is 1. The molecular formula is C23H21N3O2S2. The Labute approximate surface area is 185 Å². The fourth-order valence-electron chi connectivity index (χ4n) is 3.24. The third kappa shape index (κ3) is 4.27. The van der Waals surface area contributed by atoms with Crippen molar-refractivity contribution in [3.8, 4) is 5.75 Å². The molecule has 1 saturated heterocycles. The van der Waals surface area contributed by atoms with Crippen molar-refractivity contribution in [2.24, 2.45) is 0 Å². The lowest BCUT2D eigenvalue weighted by atomic mass is 10.1. The topological polar surface area (TPSA) is 54.5 Å². The zero-order valence-corrected chi connectivity index (χ0v) is 18.3.